The molecule has 0 aliphatic carbocycles. The number of aromatic nitrogens is 1. The summed E-state index contributed by atoms with van der Waals surface area (Å²) in [6.07, 6.45) is 1.81. The van der Waals surface area contributed by atoms with Crippen molar-refractivity contribution in [3.05, 3.63) is 46.4 Å². The van der Waals surface area contributed by atoms with E-state index in [-0.39, 0.29) is 11.0 Å². The van der Waals surface area contributed by atoms with Gasteiger partial charge in [-0.25, -0.2) is 0 Å². The molecule has 1 aromatic heterocycles. The minimum absolute atomic E-state index is 0.0728. The molecule has 2 rings (SSSR count). The van der Waals surface area contributed by atoms with Crippen LogP contribution in [0.2, 0.25) is 0 Å². The molecule has 2 nitrogen and oxygen atoms in total. The van der Waals surface area contributed by atoms with Crippen LogP contribution in [-0.2, 0) is 12.5 Å². The Bertz CT molecular complexity index is 588. The molecule has 0 amide bonds. The van der Waals surface area contributed by atoms with Crippen molar-refractivity contribution in [1.29, 1.82) is 0 Å². The van der Waals surface area contributed by atoms with E-state index in [4.69, 9.17) is 0 Å². The van der Waals surface area contributed by atoms with E-state index in [0.29, 0.717) is 0 Å². The first-order valence-electron chi connectivity index (χ1n) is 5.49. The second-order valence-corrected chi connectivity index (χ2v) is 5.28. The highest BCUT2D eigenvalue weighted by atomic mass is 16.1. The maximum absolute atomic E-state index is 12.0. The number of aryl methyl sites for hydroxylation is 1. The molecule has 0 N–H and O–H groups in total. The van der Waals surface area contributed by atoms with Crippen LogP contribution in [0.5, 0.6) is 0 Å². The molecule has 2 aromatic rings. The van der Waals surface area contributed by atoms with Gasteiger partial charge in [-0.15, -0.1) is 0 Å². The fourth-order valence-electron chi connectivity index (χ4n) is 1.80. The molecule has 1 heterocycles. The minimum Gasteiger partial charge on any atom is -0.318 e. The Hall–Kier alpha value is -1.57. The maximum Gasteiger partial charge on any atom is 0.258 e. The molecule has 0 fully saturated rings. The quantitative estimate of drug-likeness (QED) is 0.662. The lowest BCUT2D eigenvalue weighted by Gasteiger charge is -2.19. The van der Waals surface area contributed by atoms with Crippen molar-refractivity contribution in [2.24, 2.45) is 7.05 Å². The standard InChI is InChI=1S/C14H17NO/c1-14(2,3)11-6-5-10-7-8-15(4)13(16)12(10)9-11/h5-9H,1-4H3. The van der Waals surface area contributed by atoms with E-state index < -0.39 is 0 Å². The van der Waals surface area contributed by atoms with Gasteiger partial charge in [-0.05, 0) is 28.5 Å². The van der Waals surface area contributed by atoms with E-state index in [2.05, 4.69) is 26.8 Å². The summed E-state index contributed by atoms with van der Waals surface area (Å²) in [6, 6.07) is 8.11. The Kier molecular flexibility index (Phi) is 2.38. The third-order valence-corrected chi connectivity index (χ3v) is 2.95. The second kappa shape index (κ2) is 3.48. The number of nitrogens with zero attached hydrogens (tertiary/aromatic N) is 1. The summed E-state index contributed by atoms with van der Waals surface area (Å²) in [4.78, 5) is 12.0. The van der Waals surface area contributed by atoms with Crippen LogP contribution in [0.1, 0.15) is 26.3 Å². The number of pyridine rings is 1. The summed E-state index contributed by atoms with van der Waals surface area (Å²) in [6.45, 7) is 6.46. The molecule has 0 spiro atoms. The van der Waals surface area contributed by atoms with Gasteiger partial charge in [-0.2, -0.15) is 0 Å². The highest BCUT2D eigenvalue weighted by molar-refractivity contribution is 5.82. The molecule has 84 valence electrons. The Balaban J connectivity index is 2.79. The number of fused-ring (bicyclic) bond motifs is 1. The zero-order chi connectivity index (χ0) is 11.9. The lowest BCUT2D eigenvalue weighted by molar-refractivity contribution is 0.591. The van der Waals surface area contributed by atoms with E-state index in [1.165, 1.54) is 5.56 Å². The van der Waals surface area contributed by atoms with E-state index in [9.17, 15) is 4.79 Å². The molecule has 2 heteroatoms. The van der Waals surface area contributed by atoms with Crippen LogP contribution in [0.3, 0.4) is 0 Å². The summed E-state index contributed by atoms with van der Waals surface area (Å²) in [5, 5.41) is 1.81. The molecule has 0 unspecified atom stereocenters. The van der Waals surface area contributed by atoms with Crippen LogP contribution in [0, 0.1) is 0 Å². The summed E-state index contributed by atoms with van der Waals surface area (Å²) >= 11 is 0. The van der Waals surface area contributed by atoms with Crippen molar-refractivity contribution in [3.63, 3.8) is 0 Å². The van der Waals surface area contributed by atoms with Crippen LogP contribution >= 0.6 is 0 Å². The highest BCUT2D eigenvalue weighted by Gasteiger charge is 2.14. The molecule has 16 heavy (non-hydrogen) atoms. The summed E-state index contributed by atoms with van der Waals surface area (Å²) in [5.74, 6) is 0. The lowest BCUT2D eigenvalue weighted by atomic mass is 9.86. The van der Waals surface area contributed by atoms with Crippen molar-refractivity contribution < 1.29 is 0 Å². The summed E-state index contributed by atoms with van der Waals surface area (Å²) < 4.78 is 1.62. The van der Waals surface area contributed by atoms with Crippen LogP contribution in [0.4, 0.5) is 0 Å². The molecule has 1 aromatic carbocycles. The average Bonchev–Trinajstić information content (AvgIpc) is 2.22. The zero-order valence-corrected chi connectivity index (χ0v) is 10.2. The number of hydrogen-bond acceptors (Lipinski definition) is 1. The van der Waals surface area contributed by atoms with Crippen molar-refractivity contribution in [1.82, 2.24) is 4.57 Å². The van der Waals surface area contributed by atoms with Crippen LogP contribution in [-0.4, -0.2) is 4.57 Å². The molecule has 0 aliphatic heterocycles. The van der Waals surface area contributed by atoms with Gasteiger partial charge >= 0.3 is 0 Å². The highest BCUT2D eigenvalue weighted by Crippen LogP contribution is 2.24. The van der Waals surface area contributed by atoms with Crippen molar-refractivity contribution in [3.8, 4) is 0 Å². The van der Waals surface area contributed by atoms with Crippen LogP contribution < -0.4 is 5.56 Å². The number of hydrogen-bond donors (Lipinski definition) is 0. The molecule has 0 saturated carbocycles. The monoisotopic (exact) mass is 215 g/mol. The number of benzene rings is 1. The van der Waals surface area contributed by atoms with Gasteiger partial charge in [0.05, 0.1) is 0 Å². The van der Waals surface area contributed by atoms with E-state index in [1.807, 2.05) is 18.2 Å². The Labute approximate surface area is 95.5 Å². The Morgan fingerprint density at radius 1 is 1.12 bits per heavy atom. The first-order chi connectivity index (χ1) is 7.39. The first-order valence-corrected chi connectivity index (χ1v) is 5.49. The molecule has 0 atom stereocenters. The molecular weight excluding hydrogens is 198 g/mol. The van der Waals surface area contributed by atoms with E-state index >= 15 is 0 Å². The summed E-state index contributed by atoms with van der Waals surface area (Å²) in [5.41, 5.74) is 1.35. The fourth-order valence-corrected chi connectivity index (χ4v) is 1.80. The zero-order valence-electron chi connectivity index (χ0n) is 10.2. The number of rotatable bonds is 0. The van der Waals surface area contributed by atoms with Gasteiger partial charge in [-0.3, -0.25) is 4.79 Å². The van der Waals surface area contributed by atoms with Gasteiger partial charge in [0.2, 0.25) is 0 Å². The third kappa shape index (κ3) is 1.75. The third-order valence-electron chi connectivity index (χ3n) is 2.95. The van der Waals surface area contributed by atoms with Gasteiger partial charge in [0, 0.05) is 18.6 Å². The van der Waals surface area contributed by atoms with Gasteiger partial charge < -0.3 is 4.57 Å². The topological polar surface area (TPSA) is 22.0 Å². The summed E-state index contributed by atoms with van der Waals surface area (Å²) in [7, 11) is 1.78. The van der Waals surface area contributed by atoms with Gasteiger partial charge in [0.25, 0.3) is 5.56 Å². The smallest absolute Gasteiger partial charge is 0.258 e. The second-order valence-electron chi connectivity index (χ2n) is 5.28. The predicted molar refractivity (Wildman–Crippen MR) is 67.9 cm³/mol. The normalized spacial score (nSPS) is 12.0. The van der Waals surface area contributed by atoms with Gasteiger partial charge in [0.15, 0.2) is 0 Å². The predicted octanol–water partition coefficient (Wildman–Crippen LogP) is 2.84. The van der Waals surface area contributed by atoms with Gasteiger partial charge in [0.1, 0.15) is 0 Å². The van der Waals surface area contributed by atoms with E-state index in [0.717, 1.165) is 10.8 Å². The lowest BCUT2D eigenvalue weighted by Crippen LogP contribution is -2.17. The maximum atomic E-state index is 12.0. The van der Waals surface area contributed by atoms with Crippen molar-refractivity contribution in [2.45, 2.75) is 26.2 Å². The Morgan fingerprint density at radius 2 is 1.81 bits per heavy atom. The minimum atomic E-state index is 0.0728. The first kappa shape index (κ1) is 10.9. The molecule has 0 radical (unpaired) electrons. The van der Waals surface area contributed by atoms with Crippen LogP contribution in [0.15, 0.2) is 35.3 Å². The molecular formula is C14H17NO. The largest absolute Gasteiger partial charge is 0.318 e. The molecule has 0 aliphatic rings. The Morgan fingerprint density at radius 3 is 2.44 bits per heavy atom. The van der Waals surface area contributed by atoms with Gasteiger partial charge in [-0.1, -0.05) is 32.9 Å². The SMILES string of the molecule is Cn1ccc2ccc(C(C)(C)C)cc2c1=O. The van der Waals surface area contributed by atoms with Crippen LogP contribution in [0.25, 0.3) is 10.8 Å². The average molecular weight is 215 g/mol. The fraction of sp³-hybridized carbons (Fsp3) is 0.357. The van der Waals surface area contributed by atoms with Crippen molar-refractivity contribution >= 4 is 10.8 Å². The van der Waals surface area contributed by atoms with Crippen molar-refractivity contribution in [2.75, 3.05) is 0 Å². The van der Waals surface area contributed by atoms with E-state index in [1.54, 1.807) is 17.8 Å². The molecule has 0 bridgehead atoms. The molecule has 0 saturated heterocycles.